The minimum Gasteiger partial charge on any atom is -0.383 e. The molecule has 0 bridgehead atoms. The van der Waals surface area contributed by atoms with Crippen LogP contribution in [0.2, 0.25) is 0 Å². The van der Waals surface area contributed by atoms with Crippen LogP contribution in [0.15, 0.2) is 193 Å². The highest BCUT2D eigenvalue weighted by Crippen LogP contribution is 2.64. The third kappa shape index (κ3) is 4.90. The molecule has 46 heavy (non-hydrogen) atoms. The third-order valence-electron chi connectivity index (χ3n) is 8.46. The lowest BCUT2D eigenvalue weighted by Gasteiger charge is -2.34. The van der Waals surface area contributed by atoms with E-state index < -0.39 is 26.1 Å². The molecule has 6 aromatic carbocycles. The zero-order valence-corrected chi connectivity index (χ0v) is 26.8. The molecule has 0 spiro atoms. The lowest BCUT2D eigenvalue weighted by Crippen LogP contribution is -2.41. The average Bonchev–Trinajstić information content (AvgIpc) is 3.13. The van der Waals surface area contributed by atoms with Gasteiger partial charge in [0.1, 0.15) is 15.9 Å². The standard InChI is InChI=1S/C41H31O3P2/c42-40-38(45(32-19-7-1-8-20-32,33-21-9-2-10-22-33)34-23-11-3-12-24-34)31-39(41(43)44-40)46(35-25-13-4-14-26-35,36-27-15-5-16-28-36)37-29-17-6-18-30-37/h1-31H/q+1. The molecule has 6 aromatic rings. The minimum absolute atomic E-state index is 0.498. The molecule has 5 heteroatoms. The van der Waals surface area contributed by atoms with Crippen molar-refractivity contribution in [2.24, 2.45) is 0 Å². The normalized spacial score (nSPS) is 13.6. The van der Waals surface area contributed by atoms with Crippen molar-refractivity contribution < 1.29 is 14.3 Å². The number of cyclic esters (lactones) is 2. The number of hydrogen-bond donors (Lipinski definition) is 0. The summed E-state index contributed by atoms with van der Waals surface area (Å²) < 4.78 is 5.92. The molecule has 3 nitrogen and oxygen atoms in total. The second kappa shape index (κ2) is 12.7. The smallest absolute Gasteiger partial charge is 0.382 e. The zero-order valence-electron chi connectivity index (χ0n) is 25.0. The molecule has 1 aliphatic rings. The molecule has 0 saturated heterocycles. The van der Waals surface area contributed by atoms with E-state index in [4.69, 9.17) is 4.74 Å². The molecule has 0 unspecified atom stereocenters. The van der Waals surface area contributed by atoms with Crippen molar-refractivity contribution in [1.29, 1.82) is 0 Å². The number of carbonyl (C=O) groups is 2. The van der Waals surface area contributed by atoms with Gasteiger partial charge < -0.3 is 4.74 Å². The monoisotopic (exact) mass is 633 g/mol. The van der Waals surface area contributed by atoms with E-state index in [-0.39, 0.29) is 0 Å². The van der Waals surface area contributed by atoms with Gasteiger partial charge in [-0.3, -0.25) is 0 Å². The van der Waals surface area contributed by atoms with Crippen LogP contribution in [0.25, 0.3) is 0 Å². The average molecular weight is 634 g/mol. The summed E-state index contributed by atoms with van der Waals surface area (Å²) in [6.07, 6.45) is 1.91. The van der Waals surface area contributed by atoms with Crippen molar-refractivity contribution in [2.45, 2.75) is 0 Å². The summed E-state index contributed by atoms with van der Waals surface area (Å²) in [4.78, 5) is 28.7. The van der Waals surface area contributed by atoms with Crippen LogP contribution < -0.4 is 31.8 Å². The second-order valence-corrected chi connectivity index (χ2v) is 17.7. The predicted molar refractivity (Wildman–Crippen MR) is 194 cm³/mol. The van der Waals surface area contributed by atoms with Crippen LogP contribution in [0, 0.1) is 0 Å². The summed E-state index contributed by atoms with van der Waals surface area (Å²) in [5.41, 5.74) is 0. The molecule has 0 amide bonds. The van der Waals surface area contributed by atoms with E-state index in [2.05, 4.69) is 72.8 Å². The fourth-order valence-electron chi connectivity index (χ4n) is 6.54. The van der Waals surface area contributed by atoms with Crippen LogP contribution in [-0.4, -0.2) is 17.2 Å². The van der Waals surface area contributed by atoms with Crippen LogP contribution in [0.4, 0.5) is 0 Å². The Morgan fingerprint density at radius 2 is 0.696 bits per heavy atom. The molecular weight excluding hydrogens is 602 g/mol. The highest BCUT2D eigenvalue weighted by Gasteiger charge is 2.55. The Labute approximate surface area is 270 Å². The Bertz CT molecular complexity index is 1880. The Kier molecular flexibility index (Phi) is 8.20. The highest BCUT2D eigenvalue weighted by molar-refractivity contribution is 8.00. The van der Waals surface area contributed by atoms with Gasteiger partial charge in [0.05, 0.1) is 5.29 Å². The summed E-state index contributed by atoms with van der Waals surface area (Å²) in [6, 6.07) is 61.1. The first-order valence-corrected chi connectivity index (χ1v) is 18.7. The van der Waals surface area contributed by atoms with Crippen molar-refractivity contribution in [3.8, 4) is 0 Å². The Hall–Kier alpha value is -5.07. The topological polar surface area (TPSA) is 43.4 Å². The van der Waals surface area contributed by atoms with Crippen LogP contribution in [0.5, 0.6) is 0 Å². The Morgan fingerprint density at radius 3 is 1.02 bits per heavy atom. The molecule has 0 saturated carbocycles. The molecule has 7 rings (SSSR count). The number of rotatable bonds is 7. The van der Waals surface area contributed by atoms with Gasteiger partial charge in [-0.25, -0.2) is 9.59 Å². The van der Waals surface area contributed by atoms with Gasteiger partial charge in [-0.1, -0.05) is 146 Å². The van der Waals surface area contributed by atoms with Gasteiger partial charge in [0.2, 0.25) is 0 Å². The van der Waals surface area contributed by atoms with Gasteiger partial charge in [-0.05, 0) is 59.2 Å². The summed E-state index contributed by atoms with van der Waals surface area (Å²) in [6.45, 7) is -2.86. The Balaban J connectivity index is 1.71. The largest absolute Gasteiger partial charge is 0.383 e. The SMILES string of the molecule is O=C1OC(=O)C(=P(c2ccccc2)(c2ccccc2)c2ccccc2)C=C1[P+](c1ccccc1)(c1ccccc1)c1ccccc1. The van der Waals surface area contributed by atoms with Gasteiger partial charge in [0, 0.05) is 6.08 Å². The van der Waals surface area contributed by atoms with E-state index in [1.807, 2.05) is 115 Å². The molecule has 222 valence electrons. The van der Waals surface area contributed by atoms with Gasteiger partial charge in [-0.2, -0.15) is 0 Å². The number of carbonyl (C=O) groups excluding carboxylic acids is 2. The summed E-state index contributed by atoms with van der Waals surface area (Å²) in [7, 11) is -2.86. The summed E-state index contributed by atoms with van der Waals surface area (Å²) >= 11 is 0. The maximum Gasteiger partial charge on any atom is 0.382 e. The molecule has 1 heterocycles. The molecule has 0 N–H and O–H groups in total. The van der Waals surface area contributed by atoms with E-state index >= 15 is 0 Å². The fourth-order valence-corrected chi connectivity index (χ4v) is 15.1. The first-order chi connectivity index (χ1) is 22.7. The number of ether oxygens (including phenoxy) is 1. The second-order valence-electron chi connectivity index (χ2n) is 10.9. The van der Waals surface area contributed by atoms with E-state index in [1.54, 1.807) is 0 Å². The number of benzene rings is 6. The van der Waals surface area contributed by atoms with Crippen molar-refractivity contribution in [1.82, 2.24) is 0 Å². The molecule has 0 atom stereocenters. The van der Waals surface area contributed by atoms with Crippen LogP contribution in [0.3, 0.4) is 0 Å². The first kappa shape index (κ1) is 29.6. The lowest BCUT2D eigenvalue weighted by molar-refractivity contribution is -0.151. The summed E-state index contributed by atoms with van der Waals surface area (Å²) in [5.74, 6) is -1.21. The van der Waals surface area contributed by atoms with Gasteiger partial charge in [0.15, 0.2) is 12.6 Å². The fraction of sp³-hybridized carbons (Fsp3) is 0. The van der Waals surface area contributed by atoms with Crippen molar-refractivity contribution in [3.63, 3.8) is 0 Å². The van der Waals surface area contributed by atoms with Gasteiger partial charge >= 0.3 is 11.9 Å². The predicted octanol–water partition coefficient (Wildman–Crippen LogP) is 6.11. The quantitative estimate of drug-likeness (QED) is 0.121. The van der Waals surface area contributed by atoms with Crippen molar-refractivity contribution >= 4 is 63.2 Å². The minimum atomic E-state index is -2.86. The Morgan fingerprint density at radius 1 is 0.391 bits per heavy atom. The maximum atomic E-state index is 14.4. The van der Waals surface area contributed by atoms with Crippen LogP contribution in [0.1, 0.15) is 0 Å². The molecule has 1 aliphatic heterocycles. The lowest BCUT2D eigenvalue weighted by atomic mass is 10.3. The maximum absolute atomic E-state index is 14.4. The molecule has 0 aromatic heterocycles. The molecule has 0 aliphatic carbocycles. The third-order valence-corrected chi connectivity index (χ3v) is 17.0. The first-order valence-electron chi connectivity index (χ1n) is 15.1. The van der Waals surface area contributed by atoms with Crippen molar-refractivity contribution in [2.75, 3.05) is 0 Å². The van der Waals surface area contributed by atoms with E-state index in [0.29, 0.717) is 10.6 Å². The van der Waals surface area contributed by atoms with Gasteiger partial charge in [0.25, 0.3) is 0 Å². The van der Waals surface area contributed by atoms with Crippen molar-refractivity contribution in [3.05, 3.63) is 193 Å². The highest BCUT2D eigenvalue weighted by atomic mass is 31.2. The molecule has 0 fully saturated rings. The zero-order chi connectivity index (χ0) is 31.4. The van der Waals surface area contributed by atoms with E-state index in [1.165, 1.54) is 0 Å². The summed E-state index contributed by atoms with van der Waals surface area (Å²) in [5, 5.41) is 7.04. The van der Waals surface area contributed by atoms with Gasteiger partial charge in [-0.15, -0.1) is 0 Å². The van der Waals surface area contributed by atoms with E-state index in [9.17, 15) is 9.59 Å². The molecular formula is C41H31O3P2+. The molecule has 0 radical (unpaired) electrons. The number of hydrogen-bond acceptors (Lipinski definition) is 3. The van der Waals surface area contributed by atoms with Crippen LogP contribution in [-0.2, 0) is 14.3 Å². The number of esters is 2. The van der Waals surface area contributed by atoms with E-state index in [0.717, 1.165) is 31.8 Å². The van der Waals surface area contributed by atoms with Crippen LogP contribution >= 0.6 is 14.1 Å².